The van der Waals surface area contributed by atoms with E-state index in [2.05, 4.69) is 23.4 Å². The monoisotopic (exact) mass is 559 g/mol. The van der Waals surface area contributed by atoms with Crippen molar-refractivity contribution in [3.8, 4) is 0 Å². The molecule has 0 aliphatic carbocycles. The van der Waals surface area contributed by atoms with Crippen molar-refractivity contribution in [3.63, 3.8) is 0 Å². The highest BCUT2D eigenvalue weighted by Crippen LogP contribution is 2.43. The van der Waals surface area contributed by atoms with Crippen LogP contribution in [-0.2, 0) is 29.1 Å². The number of sulfonamides is 1. The SMILES string of the molecule is C=CC(=O)OCCN(CC)c1c(S(=O)(=O)N(C)CCOC(=O)C=C)ccc(N=Nc2ccccc2)c1[N+](=O)[O-]. The van der Waals surface area contributed by atoms with Crippen molar-refractivity contribution in [2.24, 2.45) is 10.2 Å². The fraction of sp³-hybridized carbons (Fsp3) is 0.280. The molecular formula is C25H29N5O8S. The van der Waals surface area contributed by atoms with Gasteiger partial charge in [0, 0.05) is 32.3 Å². The minimum absolute atomic E-state index is 0.0701. The van der Waals surface area contributed by atoms with Crippen LogP contribution in [-0.4, -0.2) is 69.5 Å². The van der Waals surface area contributed by atoms with Gasteiger partial charge in [-0.15, -0.1) is 5.11 Å². The van der Waals surface area contributed by atoms with Gasteiger partial charge >= 0.3 is 17.6 Å². The molecule has 0 saturated carbocycles. The maximum absolute atomic E-state index is 13.6. The number of likely N-dealkylation sites (N-methyl/N-ethyl adjacent to an activating group) is 2. The Bertz CT molecular complexity index is 1350. The number of nitro benzene ring substituents is 1. The summed E-state index contributed by atoms with van der Waals surface area (Å²) in [5.74, 6) is -1.43. The Balaban J connectivity index is 2.63. The van der Waals surface area contributed by atoms with Gasteiger partial charge in [0.25, 0.3) is 0 Å². The lowest BCUT2D eigenvalue weighted by Gasteiger charge is -2.27. The molecule has 208 valence electrons. The van der Waals surface area contributed by atoms with Gasteiger partial charge in [-0.2, -0.15) is 9.42 Å². The van der Waals surface area contributed by atoms with Crippen LogP contribution in [0.5, 0.6) is 0 Å². The summed E-state index contributed by atoms with van der Waals surface area (Å²) in [6.45, 7) is 7.61. The molecule has 0 bridgehead atoms. The van der Waals surface area contributed by atoms with E-state index in [9.17, 15) is 28.1 Å². The third kappa shape index (κ3) is 8.28. The molecule has 2 rings (SSSR count). The number of hydrogen-bond donors (Lipinski definition) is 0. The molecule has 0 amide bonds. The van der Waals surface area contributed by atoms with Crippen LogP contribution in [0.2, 0.25) is 0 Å². The Morgan fingerprint density at radius 1 is 1.00 bits per heavy atom. The van der Waals surface area contributed by atoms with Crippen molar-refractivity contribution in [2.75, 3.05) is 44.8 Å². The molecule has 0 saturated heterocycles. The number of nitro groups is 1. The number of carbonyl (C=O) groups is 2. The van der Waals surface area contributed by atoms with E-state index in [1.807, 2.05) is 0 Å². The number of ether oxygens (including phenoxy) is 2. The zero-order valence-corrected chi connectivity index (χ0v) is 22.4. The van der Waals surface area contributed by atoms with Crippen LogP contribution in [0.15, 0.2) is 82.9 Å². The number of azo groups is 1. The normalized spacial score (nSPS) is 11.3. The minimum atomic E-state index is -4.34. The van der Waals surface area contributed by atoms with Crippen LogP contribution in [0.25, 0.3) is 0 Å². The molecular weight excluding hydrogens is 530 g/mol. The summed E-state index contributed by atoms with van der Waals surface area (Å²) in [5.41, 5.74) is -0.597. The molecule has 2 aromatic carbocycles. The second-order valence-electron chi connectivity index (χ2n) is 7.72. The Morgan fingerprint density at radius 2 is 1.59 bits per heavy atom. The minimum Gasteiger partial charge on any atom is -0.461 e. The molecule has 0 fully saturated rings. The van der Waals surface area contributed by atoms with E-state index in [0.717, 1.165) is 16.5 Å². The number of esters is 2. The second-order valence-corrected chi connectivity index (χ2v) is 9.74. The van der Waals surface area contributed by atoms with Crippen LogP contribution < -0.4 is 4.90 Å². The molecule has 0 unspecified atom stereocenters. The quantitative estimate of drug-likeness (QED) is 0.104. The first kappa shape index (κ1) is 30.8. The standard InChI is InChI=1S/C25H29N5O8S/c1-5-22(31)37-17-15-28(4)39(35,36)21-14-13-20(27-26-19-11-9-8-10-12-19)24(30(33)34)25(21)29(7-3)16-18-38-23(32)6-2/h5-6,8-14H,1-2,7,15-18H2,3-4H3. The second kappa shape index (κ2) is 14.5. The molecule has 0 spiro atoms. The molecule has 0 aliphatic heterocycles. The van der Waals surface area contributed by atoms with Gasteiger partial charge in [0.15, 0.2) is 5.69 Å². The van der Waals surface area contributed by atoms with Crippen LogP contribution in [0.4, 0.5) is 22.7 Å². The smallest absolute Gasteiger partial charge is 0.330 e. The number of carbonyl (C=O) groups excluding carboxylic acids is 2. The lowest BCUT2D eigenvalue weighted by atomic mass is 10.2. The van der Waals surface area contributed by atoms with Crippen LogP contribution in [0.3, 0.4) is 0 Å². The first-order chi connectivity index (χ1) is 18.6. The molecule has 13 nitrogen and oxygen atoms in total. The van der Waals surface area contributed by atoms with E-state index in [4.69, 9.17) is 9.47 Å². The summed E-state index contributed by atoms with van der Waals surface area (Å²) < 4.78 is 37.9. The first-order valence-corrected chi connectivity index (χ1v) is 13.1. The van der Waals surface area contributed by atoms with Gasteiger partial charge in [-0.05, 0) is 31.2 Å². The average molecular weight is 560 g/mol. The summed E-state index contributed by atoms with van der Waals surface area (Å²) in [4.78, 5) is 35.5. The van der Waals surface area contributed by atoms with Crippen LogP contribution in [0, 0.1) is 10.1 Å². The number of benzene rings is 2. The van der Waals surface area contributed by atoms with Gasteiger partial charge in [0.05, 0.1) is 17.2 Å². The zero-order valence-electron chi connectivity index (χ0n) is 21.6. The lowest BCUT2D eigenvalue weighted by molar-refractivity contribution is -0.383. The molecule has 0 N–H and O–H groups in total. The van der Waals surface area contributed by atoms with E-state index in [0.29, 0.717) is 5.69 Å². The maximum atomic E-state index is 13.6. The van der Waals surface area contributed by atoms with E-state index in [1.165, 1.54) is 24.1 Å². The van der Waals surface area contributed by atoms with Gasteiger partial charge in [-0.3, -0.25) is 10.1 Å². The van der Waals surface area contributed by atoms with Crippen molar-refractivity contribution in [2.45, 2.75) is 11.8 Å². The van der Waals surface area contributed by atoms with Crippen molar-refractivity contribution < 1.29 is 32.4 Å². The van der Waals surface area contributed by atoms with Gasteiger partial charge in [-0.1, -0.05) is 31.4 Å². The van der Waals surface area contributed by atoms with Gasteiger partial charge in [-0.25, -0.2) is 18.0 Å². The third-order valence-corrected chi connectivity index (χ3v) is 7.17. The summed E-state index contributed by atoms with van der Waals surface area (Å²) in [5, 5.41) is 20.4. The highest BCUT2D eigenvalue weighted by atomic mass is 32.2. The van der Waals surface area contributed by atoms with Crippen molar-refractivity contribution >= 4 is 44.7 Å². The van der Waals surface area contributed by atoms with E-state index in [1.54, 1.807) is 37.3 Å². The molecule has 0 heterocycles. The fourth-order valence-corrected chi connectivity index (χ4v) is 4.66. The molecule has 2 aromatic rings. The topological polar surface area (TPSA) is 161 Å². The third-order valence-electron chi connectivity index (χ3n) is 5.28. The maximum Gasteiger partial charge on any atom is 0.330 e. The first-order valence-electron chi connectivity index (χ1n) is 11.6. The molecule has 39 heavy (non-hydrogen) atoms. The summed E-state index contributed by atoms with van der Waals surface area (Å²) in [7, 11) is -3.09. The van der Waals surface area contributed by atoms with Crippen molar-refractivity contribution in [1.82, 2.24) is 4.31 Å². The van der Waals surface area contributed by atoms with Gasteiger partial charge < -0.3 is 14.4 Å². The molecule has 0 aliphatic rings. The predicted octanol–water partition coefficient (Wildman–Crippen LogP) is 3.92. The zero-order chi connectivity index (χ0) is 29.0. The number of nitrogens with zero attached hydrogens (tertiary/aromatic N) is 5. The Morgan fingerprint density at radius 3 is 2.13 bits per heavy atom. The van der Waals surface area contributed by atoms with E-state index >= 15 is 0 Å². The fourth-order valence-electron chi connectivity index (χ4n) is 3.30. The molecule has 14 heteroatoms. The predicted molar refractivity (Wildman–Crippen MR) is 144 cm³/mol. The van der Waals surface area contributed by atoms with E-state index < -0.39 is 32.6 Å². The highest BCUT2D eigenvalue weighted by molar-refractivity contribution is 7.89. The Labute approximate surface area is 226 Å². The number of rotatable bonds is 15. The van der Waals surface area contributed by atoms with Crippen LogP contribution in [0.1, 0.15) is 6.92 Å². The van der Waals surface area contributed by atoms with Crippen molar-refractivity contribution in [1.29, 1.82) is 0 Å². The largest absolute Gasteiger partial charge is 0.461 e. The average Bonchev–Trinajstić information content (AvgIpc) is 2.93. The molecule has 0 radical (unpaired) electrons. The number of anilines is 1. The Kier molecular flexibility index (Phi) is 11.4. The number of hydrogen-bond acceptors (Lipinski definition) is 11. The highest BCUT2D eigenvalue weighted by Gasteiger charge is 2.34. The lowest BCUT2D eigenvalue weighted by Crippen LogP contribution is -2.34. The van der Waals surface area contributed by atoms with Gasteiger partial charge in [0.1, 0.15) is 23.8 Å². The summed E-state index contributed by atoms with van der Waals surface area (Å²) in [6.07, 6.45) is 1.91. The molecule has 0 aromatic heterocycles. The summed E-state index contributed by atoms with van der Waals surface area (Å²) in [6, 6.07) is 10.9. The van der Waals surface area contributed by atoms with Crippen LogP contribution >= 0.6 is 0 Å². The van der Waals surface area contributed by atoms with E-state index in [-0.39, 0.29) is 49.1 Å². The molecule has 0 atom stereocenters. The van der Waals surface area contributed by atoms with Crippen molar-refractivity contribution in [3.05, 3.63) is 77.9 Å². The summed E-state index contributed by atoms with van der Waals surface area (Å²) >= 11 is 0. The van der Waals surface area contributed by atoms with Gasteiger partial charge in [0.2, 0.25) is 10.0 Å². The Hall–Kier alpha value is -4.43.